The number of thioether (sulfide) groups is 1. The van der Waals surface area contributed by atoms with Gasteiger partial charge in [-0.15, -0.1) is 11.8 Å². The van der Waals surface area contributed by atoms with Gasteiger partial charge in [-0.25, -0.2) is 4.79 Å². The number of nitrogens with one attached hydrogen (secondary N) is 1. The molecule has 34 heavy (non-hydrogen) atoms. The summed E-state index contributed by atoms with van der Waals surface area (Å²) in [6, 6.07) is 10.3. The van der Waals surface area contributed by atoms with Gasteiger partial charge in [0.1, 0.15) is 0 Å². The van der Waals surface area contributed by atoms with Crippen LogP contribution in [0.1, 0.15) is 18.4 Å². The number of likely N-dealkylation sites (N-methyl/N-ethyl adjacent to an activating group) is 1. The number of benzene rings is 1. The van der Waals surface area contributed by atoms with Crippen molar-refractivity contribution in [1.29, 1.82) is 0 Å². The molecule has 2 saturated heterocycles. The minimum Gasteiger partial charge on any atom is -0.481 e. The second-order valence-corrected chi connectivity index (χ2v) is 9.02. The summed E-state index contributed by atoms with van der Waals surface area (Å²) in [6.07, 6.45) is -2.29. The lowest BCUT2D eigenvalue weighted by Gasteiger charge is -2.37. The van der Waals surface area contributed by atoms with Crippen molar-refractivity contribution in [2.75, 3.05) is 45.5 Å². The molecule has 0 atom stereocenters. The molecule has 3 rings (SSSR count). The Kier molecular flexibility index (Phi) is 9.90. The average molecular weight is 496 g/mol. The highest BCUT2D eigenvalue weighted by molar-refractivity contribution is 8.04. The Bertz CT molecular complexity index is 913. The van der Waals surface area contributed by atoms with E-state index in [4.69, 9.17) is 20.4 Å². The summed E-state index contributed by atoms with van der Waals surface area (Å²) >= 11 is 1.68. The lowest BCUT2D eigenvalue weighted by atomic mass is 9.96. The summed E-state index contributed by atoms with van der Waals surface area (Å²) in [5.41, 5.74) is -0.495. The highest BCUT2D eigenvalue weighted by Gasteiger charge is 2.40. The first kappa shape index (κ1) is 27.2. The van der Waals surface area contributed by atoms with E-state index in [9.17, 15) is 19.2 Å². The molecule has 186 valence electrons. The first-order valence-electron chi connectivity index (χ1n) is 10.6. The number of carbonyl (C=O) groups is 4. The highest BCUT2D eigenvalue weighted by Crippen LogP contribution is 2.32. The summed E-state index contributed by atoms with van der Waals surface area (Å²) in [5.74, 6) is -4.00. The van der Waals surface area contributed by atoms with E-state index in [0.29, 0.717) is 0 Å². The van der Waals surface area contributed by atoms with Gasteiger partial charge in [-0.1, -0.05) is 30.3 Å². The van der Waals surface area contributed by atoms with Crippen LogP contribution >= 0.6 is 11.8 Å². The summed E-state index contributed by atoms with van der Waals surface area (Å²) < 4.78 is 0. The average Bonchev–Trinajstić information content (AvgIpc) is 2.76. The third-order valence-corrected chi connectivity index (χ3v) is 6.28. The molecule has 0 bridgehead atoms. The number of carbonyl (C=O) groups excluding carboxylic acids is 1. The maximum Gasteiger partial charge on any atom is 0.336 e. The van der Waals surface area contributed by atoms with Crippen molar-refractivity contribution < 1.29 is 39.6 Å². The number of amides is 1. The molecule has 2 heterocycles. The number of carboxylic acid groups (broad SMARTS) is 3. The van der Waals surface area contributed by atoms with E-state index < -0.39 is 36.4 Å². The second-order valence-electron chi connectivity index (χ2n) is 7.92. The molecule has 0 aromatic heterocycles. The SMILES string of the molecule is CN1CCN(C(=C2SCCNC2=O)c2ccccc2)CC1.O=C(O)CC(O)(CC(=O)O)C(=O)O. The van der Waals surface area contributed by atoms with Crippen molar-refractivity contribution in [2.45, 2.75) is 18.4 Å². The van der Waals surface area contributed by atoms with Crippen LogP contribution in [0.2, 0.25) is 0 Å². The highest BCUT2D eigenvalue weighted by atomic mass is 32.2. The van der Waals surface area contributed by atoms with Gasteiger partial charge in [0.25, 0.3) is 5.91 Å². The summed E-state index contributed by atoms with van der Waals surface area (Å²) in [6.45, 7) is 4.78. The molecule has 0 aliphatic carbocycles. The van der Waals surface area contributed by atoms with Gasteiger partial charge in [0, 0.05) is 38.5 Å². The number of hydrogen-bond donors (Lipinski definition) is 5. The Morgan fingerprint density at radius 2 is 1.56 bits per heavy atom. The van der Waals surface area contributed by atoms with Gasteiger partial charge in [0.2, 0.25) is 0 Å². The standard InChI is InChI=1S/C16H21N3OS.C6H8O7/c1-18-8-10-19(11-9-18)14(13-5-3-2-4-6-13)15-16(20)17-7-12-21-15;7-3(8)1-6(13,5(11)12)2-4(9)10/h2-6H,7-12H2,1H3,(H,17,20);13H,1-2H2,(H,7,8)(H,9,10)(H,11,12). The molecular weight excluding hydrogens is 466 g/mol. The van der Waals surface area contributed by atoms with Crippen molar-refractivity contribution in [3.63, 3.8) is 0 Å². The lowest BCUT2D eigenvalue weighted by Crippen LogP contribution is -2.44. The number of piperazine rings is 1. The predicted octanol–water partition coefficient (Wildman–Crippen LogP) is 0.217. The van der Waals surface area contributed by atoms with Gasteiger partial charge in [0.05, 0.1) is 23.4 Å². The summed E-state index contributed by atoms with van der Waals surface area (Å²) in [7, 11) is 2.15. The van der Waals surface area contributed by atoms with Crippen LogP contribution in [0, 0.1) is 0 Å². The first-order chi connectivity index (χ1) is 16.0. The van der Waals surface area contributed by atoms with E-state index >= 15 is 0 Å². The second kappa shape index (κ2) is 12.4. The van der Waals surface area contributed by atoms with Gasteiger partial charge in [-0.3, -0.25) is 14.4 Å². The van der Waals surface area contributed by atoms with Crippen LogP contribution in [0.5, 0.6) is 0 Å². The summed E-state index contributed by atoms with van der Waals surface area (Å²) in [4.78, 5) is 48.3. The van der Waals surface area contributed by atoms with Crippen molar-refractivity contribution in [3.05, 3.63) is 40.8 Å². The molecule has 2 aliphatic heterocycles. The van der Waals surface area contributed by atoms with Crippen molar-refractivity contribution in [2.24, 2.45) is 0 Å². The normalized spacial score (nSPS) is 18.3. The van der Waals surface area contributed by atoms with Gasteiger partial charge in [-0.05, 0) is 12.6 Å². The zero-order valence-corrected chi connectivity index (χ0v) is 19.6. The maximum atomic E-state index is 12.3. The van der Waals surface area contributed by atoms with Crippen LogP contribution in [0.25, 0.3) is 5.70 Å². The van der Waals surface area contributed by atoms with Crippen molar-refractivity contribution >= 4 is 41.3 Å². The van der Waals surface area contributed by atoms with E-state index in [1.165, 1.54) is 0 Å². The number of aliphatic carboxylic acids is 3. The third-order valence-electron chi connectivity index (χ3n) is 5.21. The Hall–Kier alpha value is -3.09. The zero-order chi connectivity index (χ0) is 25.3. The fourth-order valence-corrected chi connectivity index (χ4v) is 4.43. The lowest BCUT2D eigenvalue weighted by molar-refractivity contribution is -0.170. The van der Waals surface area contributed by atoms with E-state index in [1.807, 2.05) is 18.2 Å². The van der Waals surface area contributed by atoms with Crippen LogP contribution in [0.15, 0.2) is 35.2 Å². The molecule has 0 radical (unpaired) electrons. The summed E-state index contributed by atoms with van der Waals surface area (Å²) in [5, 5.41) is 36.8. The maximum absolute atomic E-state index is 12.3. The smallest absolute Gasteiger partial charge is 0.336 e. The van der Waals surface area contributed by atoms with Crippen LogP contribution in [0.4, 0.5) is 0 Å². The van der Waals surface area contributed by atoms with Gasteiger partial charge in [0.15, 0.2) is 5.60 Å². The zero-order valence-electron chi connectivity index (χ0n) is 18.8. The molecule has 2 fully saturated rings. The Balaban J connectivity index is 0.000000273. The molecular formula is C22H29N3O8S. The number of hydrogen-bond acceptors (Lipinski definition) is 8. The topological polar surface area (TPSA) is 168 Å². The minimum absolute atomic E-state index is 0.0732. The third kappa shape index (κ3) is 7.75. The number of carboxylic acids is 3. The van der Waals surface area contributed by atoms with Crippen LogP contribution in [0.3, 0.4) is 0 Å². The Labute approximate surface area is 201 Å². The van der Waals surface area contributed by atoms with Crippen LogP contribution in [-0.4, -0.2) is 105 Å². The Morgan fingerprint density at radius 3 is 2.03 bits per heavy atom. The molecule has 2 aliphatic rings. The molecule has 0 unspecified atom stereocenters. The quantitative estimate of drug-likeness (QED) is 0.328. The molecule has 1 aromatic carbocycles. The molecule has 1 aromatic rings. The monoisotopic (exact) mass is 495 g/mol. The molecule has 1 amide bonds. The molecule has 11 nitrogen and oxygen atoms in total. The van der Waals surface area contributed by atoms with E-state index in [-0.39, 0.29) is 5.91 Å². The predicted molar refractivity (Wildman–Crippen MR) is 125 cm³/mol. The van der Waals surface area contributed by atoms with Crippen molar-refractivity contribution in [3.8, 4) is 0 Å². The van der Waals surface area contributed by atoms with Gasteiger partial charge in [-0.2, -0.15) is 0 Å². The molecule has 5 N–H and O–H groups in total. The minimum atomic E-state index is -2.74. The van der Waals surface area contributed by atoms with E-state index in [1.54, 1.807) is 11.8 Å². The Morgan fingerprint density at radius 1 is 1.00 bits per heavy atom. The van der Waals surface area contributed by atoms with Crippen LogP contribution in [-0.2, 0) is 19.2 Å². The van der Waals surface area contributed by atoms with Crippen LogP contribution < -0.4 is 5.32 Å². The first-order valence-corrected chi connectivity index (χ1v) is 11.6. The molecule has 12 heteroatoms. The van der Waals surface area contributed by atoms with E-state index in [2.05, 4.69) is 34.3 Å². The van der Waals surface area contributed by atoms with Crippen molar-refractivity contribution in [1.82, 2.24) is 15.1 Å². The molecule has 0 spiro atoms. The number of nitrogens with zero attached hydrogens (tertiary/aromatic N) is 2. The fraction of sp³-hybridized carbons (Fsp3) is 0.455. The molecule has 0 saturated carbocycles. The van der Waals surface area contributed by atoms with Gasteiger partial charge >= 0.3 is 17.9 Å². The fourth-order valence-electron chi connectivity index (χ4n) is 3.44. The van der Waals surface area contributed by atoms with Gasteiger partial charge < -0.3 is 35.5 Å². The number of rotatable bonds is 7. The largest absolute Gasteiger partial charge is 0.481 e. The number of aliphatic hydroxyl groups is 1. The van der Waals surface area contributed by atoms with E-state index in [0.717, 1.165) is 54.6 Å².